The van der Waals surface area contributed by atoms with Crippen molar-refractivity contribution >= 4 is 10.8 Å². The van der Waals surface area contributed by atoms with E-state index < -0.39 is 0 Å². The van der Waals surface area contributed by atoms with Crippen LogP contribution >= 0.6 is 0 Å². The van der Waals surface area contributed by atoms with Crippen LogP contribution in [0, 0.1) is 19.8 Å². The van der Waals surface area contributed by atoms with Crippen LogP contribution in [0.15, 0.2) is 48.7 Å². The molecule has 0 saturated carbocycles. The van der Waals surface area contributed by atoms with Crippen LogP contribution in [0.4, 0.5) is 0 Å². The third-order valence-electron chi connectivity index (χ3n) is 4.09. The van der Waals surface area contributed by atoms with Gasteiger partial charge in [0.25, 0.3) is 0 Å². The number of nitrogens with zero attached hydrogens (tertiary/aromatic N) is 1. The first-order valence-electron chi connectivity index (χ1n) is 8.00. The SMILES string of the molecule is Cc1cccc(-c2ncc(C)c3cc(CC(C)C)ccc23)c1. The molecule has 0 aliphatic carbocycles. The van der Waals surface area contributed by atoms with Gasteiger partial charge in [-0.05, 0) is 48.8 Å². The summed E-state index contributed by atoms with van der Waals surface area (Å²) < 4.78 is 0. The summed E-state index contributed by atoms with van der Waals surface area (Å²) >= 11 is 0. The molecule has 112 valence electrons. The Morgan fingerprint density at radius 3 is 2.50 bits per heavy atom. The average Bonchev–Trinajstić information content (AvgIpc) is 2.47. The Balaban J connectivity index is 2.19. The number of hydrogen-bond donors (Lipinski definition) is 0. The zero-order valence-electron chi connectivity index (χ0n) is 13.9. The molecule has 0 spiro atoms. The summed E-state index contributed by atoms with van der Waals surface area (Å²) in [5, 5.41) is 2.57. The number of aromatic nitrogens is 1. The van der Waals surface area contributed by atoms with Gasteiger partial charge in [0, 0.05) is 17.1 Å². The lowest BCUT2D eigenvalue weighted by Crippen LogP contribution is -1.95. The van der Waals surface area contributed by atoms with Crippen molar-refractivity contribution in [3.05, 3.63) is 65.4 Å². The summed E-state index contributed by atoms with van der Waals surface area (Å²) in [5.74, 6) is 0.677. The van der Waals surface area contributed by atoms with Gasteiger partial charge >= 0.3 is 0 Å². The van der Waals surface area contributed by atoms with Crippen molar-refractivity contribution in [1.82, 2.24) is 4.98 Å². The lowest BCUT2D eigenvalue weighted by atomic mass is 9.95. The van der Waals surface area contributed by atoms with E-state index in [0.29, 0.717) is 5.92 Å². The van der Waals surface area contributed by atoms with Crippen LogP contribution in [-0.2, 0) is 6.42 Å². The van der Waals surface area contributed by atoms with Crippen molar-refractivity contribution in [1.29, 1.82) is 0 Å². The molecular weight excluding hydrogens is 266 g/mol. The van der Waals surface area contributed by atoms with E-state index in [9.17, 15) is 0 Å². The molecule has 3 rings (SSSR count). The Labute approximate surface area is 133 Å². The van der Waals surface area contributed by atoms with Gasteiger partial charge in [0.1, 0.15) is 0 Å². The summed E-state index contributed by atoms with van der Waals surface area (Å²) in [6.45, 7) is 8.80. The van der Waals surface area contributed by atoms with Gasteiger partial charge < -0.3 is 0 Å². The molecule has 0 N–H and O–H groups in total. The minimum atomic E-state index is 0.677. The minimum Gasteiger partial charge on any atom is -0.255 e. The van der Waals surface area contributed by atoms with Crippen LogP contribution in [0.3, 0.4) is 0 Å². The molecule has 22 heavy (non-hydrogen) atoms. The fraction of sp³-hybridized carbons (Fsp3) is 0.286. The number of aryl methyl sites for hydroxylation is 2. The van der Waals surface area contributed by atoms with Crippen molar-refractivity contribution in [3.8, 4) is 11.3 Å². The van der Waals surface area contributed by atoms with Crippen molar-refractivity contribution in [2.45, 2.75) is 34.1 Å². The average molecular weight is 289 g/mol. The third kappa shape index (κ3) is 2.89. The molecule has 0 aliphatic rings. The number of fused-ring (bicyclic) bond motifs is 1. The van der Waals surface area contributed by atoms with Gasteiger partial charge in [-0.1, -0.05) is 55.8 Å². The first-order valence-corrected chi connectivity index (χ1v) is 8.00. The Bertz CT molecular complexity index is 815. The van der Waals surface area contributed by atoms with Gasteiger partial charge in [-0.25, -0.2) is 0 Å². The van der Waals surface area contributed by atoms with E-state index in [1.165, 1.54) is 33.0 Å². The lowest BCUT2D eigenvalue weighted by Gasteiger charge is -2.12. The molecule has 0 aliphatic heterocycles. The summed E-state index contributed by atoms with van der Waals surface area (Å²) in [5.41, 5.74) is 6.20. The standard InChI is InChI=1S/C21H23N/c1-14(2)10-17-8-9-19-20(12-17)16(4)13-22-21(19)18-7-5-6-15(3)11-18/h5-9,11-14H,10H2,1-4H3. The van der Waals surface area contributed by atoms with Gasteiger partial charge in [0.2, 0.25) is 0 Å². The topological polar surface area (TPSA) is 12.9 Å². The van der Waals surface area contributed by atoms with E-state index >= 15 is 0 Å². The normalized spacial score (nSPS) is 11.3. The molecule has 0 fully saturated rings. The third-order valence-corrected chi connectivity index (χ3v) is 4.09. The molecule has 0 amide bonds. The molecule has 0 saturated heterocycles. The van der Waals surface area contributed by atoms with Crippen LogP contribution < -0.4 is 0 Å². The maximum absolute atomic E-state index is 4.71. The van der Waals surface area contributed by atoms with Gasteiger partial charge in [-0.2, -0.15) is 0 Å². The molecule has 0 atom stereocenters. The molecule has 0 unspecified atom stereocenters. The highest BCUT2D eigenvalue weighted by Crippen LogP contribution is 2.30. The van der Waals surface area contributed by atoms with Gasteiger partial charge in [-0.15, -0.1) is 0 Å². The van der Waals surface area contributed by atoms with E-state index in [2.05, 4.69) is 70.2 Å². The monoisotopic (exact) mass is 289 g/mol. The maximum Gasteiger partial charge on any atom is 0.0780 e. The number of pyridine rings is 1. The van der Waals surface area contributed by atoms with Crippen LogP contribution in [0.5, 0.6) is 0 Å². The highest BCUT2D eigenvalue weighted by Gasteiger charge is 2.09. The molecule has 2 aromatic carbocycles. The molecule has 0 bridgehead atoms. The number of hydrogen-bond acceptors (Lipinski definition) is 1. The van der Waals surface area contributed by atoms with Crippen molar-refractivity contribution < 1.29 is 0 Å². The van der Waals surface area contributed by atoms with E-state index in [-0.39, 0.29) is 0 Å². The van der Waals surface area contributed by atoms with E-state index in [0.717, 1.165) is 12.1 Å². The Morgan fingerprint density at radius 1 is 0.955 bits per heavy atom. The maximum atomic E-state index is 4.71. The molecule has 1 aromatic heterocycles. The first kappa shape index (κ1) is 14.8. The van der Waals surface area contributed by atoms with Crippen molar-refractivity contribution in [2.75, 3.05) is 0 Å². The smallest absolute Gasteiger partial charge is 0.0780 e. The van der Waals surface area contributed by atoms with Gasteiger partial charge in [0.15, 0.2) is 0 Å². The zero-order valence-corrected chi connectivity index (χ0v) is 13.9. The zero-order chi connectivity index (χ0) is 15.7. The highest BCUT2D eigenvalue weighted by molar-refractivity contribution is 5.96. The molecule has 1 heteroatoms. The second-order valence-electron chi connectivity index (χ2n) is 6.64. The van der Waals surface area contributed by atoms with E-state index in [4.69, 9.17) is 4.98 Å². The summed E-state index contributed by atoms with van der Waals surface area (Å²) in [7, 11) is 0. The second kappa shape index (κ2) is 5.92. The first-order chi connectivity index (χ1) is 10.5. The molecule has 1 nitrogen and oxygen atoms in total. The van der Waals surface area contributed by atoms with Crippen LogP contribution in [0.25, 0.3) is 22.0 Å². The summed E-state index contributed by atoms with van der Waals surface area (Å²) in [6, 6.07) is 15.4. The second-order valence-corrected chi connectivity index (χ2v) is 6.64. The minimum absolute atomic E-state index is 0.677. The number of rotatable bonds is 3. The Morgan fingerprint density at radius 2 is 1.77 bits per heavy atom. The van der Waals surface area contributed by atoms with E-state index in [1.807, 2.05) is 6.20 Å². The van der Waals surface area contributed by atoms with Crippen molar-refractivity contribution in [3.63, 3.8) is 0 Å². The molecule has 0 radical (unpaired) electrons. The van der Waals surface area contributed by atoms with E-state index in [1.54, 1.807) is 0 Å². The predicted octanol–water partition coefficient (Wildman–Crippen LogP) is 5.72. The lowest BCUT2D eigenvalue weighted by molar-refractivity contribution is 0.648. The van der Waals surface area contributed by atoms with Gasteiger partial charge in [-0.3, -0.25) is 4.98 Å². The summed E-state index contributed by atoms with van der Waals surface area (Å²) in [4.78, 5) is 4.71. The molecule has 1 heterocycles. The van der Waals surface area contributed by atoms with Gasteiger partial charge in [0.05, 0.1) is 5.69 Å². The van der Waals surface area contributed by atoms with Crippen molar-refractivity contribution in [2.24, 2.45) is 5.92 Å². The van der Waals surface area contributed by atoms with Crippen LogP contribution in [0.2, 0.25) is 0 Å². The fourth-order valence-electron chi connectivity index (χ4n) is 3.05. The van der Waals surface area contributed by atoms with Crippen LogP contribution in [0.1, 0.15) is 30.5 Å². The molecular formula is C21H23N. The predicted molar refractivity (Wildman–Crippen MR) is 95.2 cm³/mol. The Kier molecular flexibility index (Phi) is 3.98. The number of benzene rings is 2. The Hall–Kier alpha value is -2.15. The quantitative estimate of drug-likeness (QED) is 0.601. The largest absolute Gasteiger partial charge is 0.255 e. The molecule has 3 aromatic rings. The summed E-state index contributed by atoms with van der Waals surface area (Å²) in [6.07, 6.45) is 3.12. The highest BCUT2D eigenvalue weighted by atomic mass is 14.7. The van der Waals surface area contributed by atoms with Crippen LogP contribution in [-0.4, -0.2) is 4.98 Å². The fourth-order valence-corrected chi connectivity index (χ4v) is 3.05.